The number of benzene rings is 3. The molecule has 0 aromatic heterocycles. The van der Waals surface area contributed by atoms with Gasteiger partial charge in [-0.2, -0.15) is 0 Å². The van der Waals surface area contributed by atoms with Crippen LogP contribution in [0.25, 0.3) is 11.1 Å². The zero-order chi connectivity index (χ0) is 15.3. The summed E-state index contributed by atoms with van der Waals surface area (Å²) in [4.78, 5) is 0. The van der Waals surface area contributed by atoms with Crippen LogP contribution < -0.4 is 0 Å². The summed E-state index contributed by atoms with van der Waals surface area (Å²) >= 11 is 3.53. The van der Waals surface area contributed by atoms with Gasteiger partial charge >= 0.3 is 0 Å². The van der Waals surface area contributed by atoms with E-state index in [2.05, 4.69) is 35.0 Å². The Bertz CT molecular complexity index is 867. The van der Waals surface area contributed by atoms with Crippen LogP contribution in [0.2, 0.25) is 0 Å². The van der Waals surface area contributed by atoms with E-state index in [1.165, 1.54) is 5.56 Å². The maximum Gasteiger partial charge on any atom is 0.141 e. The molecule has 1 atom stereocenters. The summed E-state index contributed by atoms with van der Waals surface area (Å²) in [5, 5.41) is 11.7. The van der Waals surface area contributed by atoms with Gasteiger partial charge in [-0.3, -0.25) is 0 Å². The molecule has 108 valence electrons. The number of aryl methyl sites for hydroxylation is 1. The van der Waals surface area contributed by atoms with E-state index >= 15 is 0 Å². The van der Waals surface area contributed by atoms with Crippen molar-refractivity contribution in [3.63, 3.8) is 0 Å². The van der Waals surface area contributed by atoms with E-state index in [0.717, 1.165) is 32.3 Å². The number of hydrogen-bond acceptors (Lipinski definition) is 1. The number of aliphatic hydroxyl groups is 1. The van der Waals surface area contributed by atoms with Crippen molar-refractivity contribution >= 4 is 15.9 Å². The van der Waals surface area contributed by atoms with Crippen LogP contribution in [-0.4, -0.2) is 5.11 Å². The van der Waals surface area contributed by atoms with Crippen LogP contribution in [0.5, 0.6) is 0 Å². The predicted molar refractivity (Wildman–Crippen MR) is 92.9 cm³/mol. The highest BCUT2D eigenvalue weighted by molar-refractivity contribution is 9.10. The summed E-state index contributed by atoms with van der Waals surface area (Å²) in [6.07, 6.45) is 0. The van der Waals surface area contributed by atoms with E-state index < -0.39 is 5.60 Å². The first-order valence-electron chi connectivity index (χ1n) is 7.30. The van der Waals surface area contributed by atoms with Crippen molar-refractivity contribution < 1.29 is 5.11 Å². The number of halogens is 1. The van der Waals surface area contributed by atoms with Crippen LogP contribution >= 0.6 is 15.9 Å². The fourth-order valence-corrected chi connectivity index (χ4v) is 3.70. The molecule has 2 heteroatoms. The lowest BCUT2D eigenvalue weighted by atomic mass is 9.84. The van der Waals surface area contributed by atoms with Crippen LogP contribution in [0, 0.1) is 6.92 Å². The van der Waals surface area contributed by atoms with Crippen molar-refractivity contribution in [3.05, 3.63) is 93.5 Å². The number of hydrogen-bond donors (Lipinski definition) is 1. The SMILES string of the molecule is Cc1ccc(C2(O)c3ccccc3-c3ccc(Br)cc32)cc1. The second-order valence-electron chi connectivity index (χ2n) is 5.81. The van der Waals surface area contributed by atoms with E-state index in [4.69, 9.17) is 0 Å². The van der Waals surface area contributed by atoms with Crippen molar-refractivity contribution in [1.82, 2.24) is 0 Å². The predicted octanol–water partition coefficient (Wildman–Crippen LogP) is 5.02. The Morgan fingerprint density at radius 3 is 2.27 bits per heavy atom. The Balaban J connectivity index is 2.07. The first-order chi connectivity index (χ1) is 10.6. The molecule has 3 aromatic rings. The van der Waals surface area contributed by atoms with Gasteiger partial charge < -0.3 is 5.11 Å². The molecule has 0 amide bonds. The lowest BCUT2D eigenvalue weighted by Crippen LogP contribution is -2.26. The van der Waals surface area contributed by atoms with Crippen LogP contribution in [0.4, 0.5) is 0 Å². The monoisotopic (exact) mass is 350 g/mol. The fourth-order valence-electron chi connectivity index (χ4n) is 3.34. The molecule has 0 saturated carbocycles. The van der Waals surface area contributed by atoms with Gasteiger partial charge in [0.25, 0.3) is 0 Å². The van der Waals surface area contributed by atoms with E-state index in [-0.39, 0.29) is 0 Å². The van der Waals surface area contributed by atoms with Gasteiger partial charge in [-0.15, -0.1) is 0 Å². The Morgan fingerprint density at radius 2 is 1.50 bits per heavy atom. The van der Waals surface area contributed by atoms with E-state index in [0.29, 0.717) is 0 Å². The molecular formula is C20H15BrO. The summed E-state index contributed by atoms with van der Waals surface area (Å²) in [7, 11) is 0. The van der Waals surface area contributed by atoms with Crippen molar-refractivity contribution in [2.75, 3.05) is 0 Å². The first-order valence-corrected chi connectivity index (χ1v) is 8.09. The lowest BCUT2D eigenvalue weighted by molar-refractivity contribution is 0.130. The lowest BCUT2D eigenvalue weighted by Gasteiger charge is -2.26. The maximum absolute atomic E-state index is 11.7. The number of fused-ring (bicyclic) bond motifs is 3. The van der Waals surface area contributed by atoms with Crippen LogP contribution in [0.1, 0.15) is 22.3 Å². The molecule has 1 aliphatic carbocycles. The minimum Gasteiger partial charge on any atom is -0.376 e. The smallest absolute Gasteiger partial charge is 0.141 e. The third-order valence-electron chi connectivity index (χ3n) is 4.45. The molecule has 3 aromatic carbocycles. The minimum atomic E-state index is -1.09. The Labute approximate surface area is 138 Å². The highest BCUT2D eigenvalue weighted by atomic mass is 79.9. The molecule has 1 unspecified atom stereocenters. The van der Waals surface area contributed by atoms with Gasteiger partial charge in [0.1, 0.15) is 5.60 Å². The normalized spacial score (nSPS) is 18.9. The Morgan fingerprint density at radius 1 is 0.818 bits per heavy atom. The molecule has 1 nitrogen and oxygen atoms in total. The molecule has 1 aliphatic rings. The maximum atomic E-state index is 11.7. The summed E-state index contributed by atoms with van der Waals surface area (Å²) in [6.45, 7) is 2.06. The third kappa shape index (κ3) is 1.81. The molecule has 0 saturated heterocycles. The summed E-state index contributed by atoms with van der Waals surface area (Å²) < 4.78 is 0.976. The third-order valence-corrected chi connectivity index (χ3v) is 4.94. The molecule has 4 rings (SSSR count). The zero-order valence-electron chi connectivity index (χ0n) is 12.2. The second kappa shape index (κ2) is 4.80. The number of rotatable bonds is 1. The Kier molecular flexibility index (Phi) is 3.00. The topological polar surface area (TPSA) is 20.2 Å². The van der Waals surface area contributed by atoms with Gasteiger partial charge in [-0.1, -0.05) is 76.1 Å². The molecule has 0 heterocycles. The van der Waals surface area contributed by atoms with E-state index in [1.807, 2.05) is 54.6 Å². The summed E-state index contributed by atoms with van der Waals surface area (Å²) in [5.74, 6) is 0. The van der Waals surface area contributed by atoms with Gasteiger partial charge in [0.15, 0.2) is 0 Å². The standard InChI is InChI=1S/C20H15BrO/c1-13-6-8-14(9-7-13)20(22)18-5-3-2-4-16(18)17-11-10-15(21)12-19(17)20/h2-12,22H,1H3. The largest absolute Gasteiger partial charge is 0.376 e. The van der Waals surface area contributed by atoms with Gasteiger partial charge in [-0.05, 0) is 35.7 Å². The zero-order valence-corrected chi connectivity index (χ0v) is 13.8. The van der Waals surface area contributed by atoms with E-state index in [9.17, 15) is 5.11 Å². The first kappa shape index (κ1) is 13.7. The summed E-state index contributed by atoms with van der Waals surface area (Å²) in [6, 6.07) is 22.3. The van der Waals surface area contributed by atoms with Crippen molar-refractivity contribution in [2.24, 2.45) is 0 Å². The second-order valence-corrected chi connectivity index (χ2v) is 6.73. The Hall–Kier alpha value is -1.90. The van der Waals surface area contributed by atoms with Crippen molar-refractivity contribution in [1.29, 1.82) is 0 Å². The average molecular weight is 351 g/mol. The van der Waals surface area contributed by atoms with Crippen LogP contribution in [0.15, 0.2) is 71.2 Å². The molecule has 0 radical (unpaired) electrons. The van der Waals surface area contributed by atoms with E-state index in [1.54, 1.807) is 0 Å². The molecule has 1 N–H and O–H groups in total. The van der Waals surface area contributed by atoms with Crippen molar-refractivity contribution in [3.8, 4) is 11.1 Å². The molecule has 0 spiro atoms. The average Bonchev–Trinajstić information content (AvgIpc) is 2.79. The molecular weight excluding hydrogens is 336 g/mol. The van der Waals surface area contributed by atoms with Gasteiger partial charge in [-0.25, -0.2) is 0 Å². The summed E-state index contributed by atoms with van der Waals surface area (Å²) in [5.41, 5.74) is 5.09. The fraction of sp³-hybridized carbons (Fsp3) is 0.100. The van der Waals surface area contributed by atoms with Crippen molar-refractivity contribution in [2.45, 2.75) is 12.5 Å². The molecule has 0 fully saturated rings. The highest BCUT2D eigenvalue weighted by Gasteiger charge is 2.42. The quantitative estimate of drug-likeness (QED) is 0.653. The molecule has 0 bridgehead atoms. The molecule has 22 heavy (non-hydrogen) atoms. The van der Waals surface area contributed by atoms with Gasteiger partial charge in [0.2, 0.25) is 0 Å². The highest BCUT2D eigenvalue weighted by Crippen LogP contribution is 2.51. The molecule has 0 aliphatic heterocycles. The van der Waals surface area contributed by atoms with Crippen LogP contribution in [-0.2, 0) is 5.60 Å². The minimum absolute atomic E-state index is 0.905. The van der Waals surface area contributed by atoms with Crippen LogP contribution in [0.3, 0.4) is 0 Å². The van der Waals surface area contributed by atoms with Gasteiger partial charge in [0, 0.05) is 15.6 Å². The van der Waals surface area contributed by atoms with Gasteiger partial charge in [0.05, 0.1) is 0 Å².